The Morgan fingerprint density at radius 2 is 1.88 bits per heavy atom. The van der Waals surface area contributed by atoms with E-state index in [0.29, 0.717) is 31.6 Å². The number of nitrogens with one attached hydrogen (secondary N) is 1. The smallest absolute Gasteiger partial charge is 0.308 e. The predicted molar refractivity (Wildman–Crippen MR) is 91.1 cm³/mol. The Kier molecular flexibility index (Phi) is 5.50. The van der Waals surface area contributed by atoms with Gasteiger partial charge in [0.15, 0.2) is 5.76 Å². The maximum Gasteiger partial charge on any atom is 0.308 e. The average molecular weight is 343 g/mol. The van der Waals surface area contributed by atoms with Gasteiger partial charge in [-0.2, -0.15) is 0 Å². The van der Waals surface area contributed by atoms with E-state index in [4.69, 9.17) is 9.15 Å². The van der Waals surface area contributed by atoms with E-state index < -0.39 is 17.8 Å². The minimum atomic E-state index is -0.894. The molecule has 0 aliphatic carbocycles. The molecule has 1 amide bonds. The van der Waals surface area contributed by atoms with Crippen LogP contribution >= 0.6 is 0 Å². The lowest BCUT2D eigenvalue weighted by molar-refractivity contribution is -0.144. The molecule has 1 aromatic heterocycles. The molecule has 1 aliphatic heterocycles. The van der Waals surface area contributed by atoms with Crippen LogP contribution in [-0.4, -0.2) is 36.7 Å². The first-order chi connectivity index (χ1) is 12.2. The van der Waals surface area contributed by atoms with Crippen molar-refractivity contribution in [3.05, 3.63) is 48.4 Å². The Morgan fingerprint density at radius 3 is 2.56 bits per heavy atom. The fourth-order valence-corrected chi connectivity index (χ4v) is 3.19. The van der Waals surface area contributed by atoms with Gasteiger partial charge in [0.05, 0.1) is 12.2 Å². The molecule has 25 heavy (non-hydrogen) atoms. The molecule has 3 rings (SSSR count). The van der Waals surface area contributed by atoms with Gasteiger partial charge in [0.2, 0.25) is 0 Å². The number of carbonyl (C=O) groups is 2. The number of carboxylic acid groups (broad SMARTS) is 1. The first kappa shape index (κ1) is 17.2. The number of amides is 1. The quantitative estimate of drug-likeness (QED) is 0.842. The van der Waals surface area contributed by atoms with Gasteiger partial charge in [0.25, 0.3) is 5.91 Å². The van der Waals surface area contributed by atoms with E-state index in [1.54, 1.807) is 6.07 Å². The van der Waals surface area contributed by atoms with E-state index >= 15 is 0 Å². The molecule has 2 heterocycles. The van der Waals surface area contributed by atoms with E-state index in [-0.39, 0.29) is 18.2 Å². The number of hydrogen-bond acceptors (Lipinski definition) is 4. The van der Waals surface area contributed by atoms with Crippen LogP contribution in [0.2, 0.25) is 0 Å². The third-order valence-electron chi connectivity index (χ3n) is 4.59. The fourth-order valence-electron chi connectivity index (χ4n) is 3.19. The number of carbonyl (C=O) groups excluding carboxylic acids is 1. The van der Waals surface area contributed by atoms with Gasteiger partial charge in [-0.15, -0.1) is 0 Å². The van der Waals surface area contributed by atoms with Crippen LogP contribution in [-0.2, 0) is 9.53 Å². The van der Waals surface area contributed by atoms with Gasteiger partial charge in [-0.1, -0.05) is 30.3 Å². The minimum Gasteiger partial charge on any atom is -0.481 e. The molecule has 2 N–H and O–H groups in total. The largest absolute Gasteiger partial charge is 0.481 e. The number of rotatable bonds is 6. The van der Waals surface area contributed by atoms with Gasteiger partial charge in [0, 0.05) is 25.3 Å². The predicted octanol–water partition coefficient (Wildman–Crippen LogP) is 2.80. The third-order valence-corrected chi connectivity index (χ3v) is 4.59. The van der Waals surface area contributed by atoms with Crippen molar-refractivity contribution < 1.29 is 23.8 Å². The molecule has 0 spiro atoms. The highest BCUT2D eigenvalue weighted by Gasteiger charge is 2.30. The molecule has 0 bridgehead atoms. The Morgan fingerprint density at radius 1 is 1.16 bits per heavy atom. The third kappa shape index (κ3) is 4.09. The van der Waals surface area contributed by atoms with Gasteiger partial charge in [0.1, 0.15) is 0 Å². The number of benzene rings is 1. The van der Waals surface area contributed by atoms with Crippen molar-refractivity contribution in [2.45, 2.75) is 12.8 Å². The van der Waals surface area contributed by atoms with Gasteiger partial charge < -0.3 is 19.6 Å². The Hall–Kier alpha value is -2.60. The van der Waals surface area contributed by atoms with Crippen LogP contribution in [0.25, 0.3) is 11.1 Å². The number of hydrogen-bond donors (Lipinski definition) is 2. The second kappa shape index (κ2) is 7.98. The molecule has 132 valence electrons. The zero-order chi connectivity index (χ0) is 17.6. The first-order valence-corrected chi connectivity index (χ1v) is 8.38. The lowest BCUT2D eigenvalue weighted by Crippen LogP contribution is -2.39. The summed E-state index contributed by atoms with van der Waals surface area (Å²) in [6.45, 7) is 1.21. The van der Waals surface area contributed by atoms with Crippen molar-refractivity contribution in [2.24, 2.45) is 11.8 Å². The van der Waals surface area contributed by atoms with Crippen LogP contribution in [0.15, 0.2) is 47.1 Å². The van der Waals surface area contributed by atoms with Crippen LogP contribution in [0.4, 0.5) is 0 Å². The SMILES string of the molecule is O=C(NCC(C(=O)O)C1CCOCC1)c1occc1-c1ccccc1. The summed E-state index contributed by atoms with van der Waals surface area (Å²) in [5, 5.41) is 12.2. The minimum absolute atomic E-state index is 0.0109. The number of ether oxygens (including phenoxy) is 1. The van der Waals surface area contributed by atoms with Gasteiger partial charge in [-0.05, 0) is 30.4 Å². The summed E-state index contributed by atoms with van der Waals surface area (Å²) in [7, 11) is 0. The molecule has 1 atom stereocenters. The van der Waals surface area contributed by atoms with E-state index in [9.17, 15) is 14.7 Å². The highest BCUT2D eigenvalue weighted by molar-refractivity contribution is 5.98. The van der Waals surface area contributed by atoms with Gasteiger partial charge >= 0.3 is 5.97 Å². The van der Waals surface area contributed by atoms with Crippen molar-refractivity contribution in [1.82, 2.24) is 5.32 Å². The van der Waals surface area contributed by atoms with E-state index in [1.165, 1.54) is 6.26 Å². The zero-order valence-corrected chi connectivity index (χ0v) is 13.8. The van der Waals surface area contributed by atoms with Crippen molar-refractivity contribution in [2.75, 3.05) is 19.8 Å². The van der Waals surface area contributed by atoms with Crippen molar-refractivity contribution in [3.63, 3.8) is 0 Å². The van der Waals surface area contributed by atoms with Crippen molar-refractivity contribution in [3.8, 4) is 11.1 Å². The summed E-state index contributed by atoms with van der Waals surface area (Å²) in [5.41, 5.74) is 1.57. The molecule has 6 heteroatoms. The molecule has 0 radical (unpaired) electrons. The number of carboxylic acids is 1. The molecule has 1 fully saturated rings. The number of aliphatic carboxylic acids is 1. The van der Waals surface area contributed by atoms with Crippen molar-refractivity contribution in [1.29, 1.82) is 0 Å². The Labute approximate surface area is 145 Å². The van der Waals surface area contributed by atoms with Gasteiger partial charge in [-0.3, -0.25) is 9.59 Å². The Balaban J connectivity index is 1.68. The molecule has 1 aliphatic rings. The van der Waals surface area contributed by atoms with E-state index in [2.05, 4.69) is 5.32 Å². The molecular weight excluding hydrogens is 322 g/mol. The molecule has 2 aromatic rings. The summed E-state index contributed by atoms with van der Waals surface area (Å²) in [4.78, 5) is 24.1. The maximum atomic E-state index is 12.5. The van der Waals surface area contributed by atoms with Crippen LogP contribution in [0.5, 0.6) is 0 Å². The molecule has 1 saturated heterocycles. The molecule has 1 aromatic carbocycles. The molecule has 6 nitrogen and oxygen atoms in total. The first-order valence-electron chi connectivity index (χ1n) is 8.38. The fraction of sp³-hybridized carbons (Fsp3) is 0.368. The standard InChI is InChI=1S/C19H21NO5/c21-18(17-15(8-11-25-17)13-4-2-1-3-5-13)20-12-16(19(22)23)14-6-9-24-10-7-14/h1-5,8,11,14,16H,6-7,9-10,12H2,(H,20,21)(H,22,23). The Bertz CT molecular complexity index is 718. The zero-order valence-electron chi connectivity index (χ0n) is 13.8. The monoisotopic (exact) mass is 343 g/mol. The molecular formula is C19H21NO5. The van der Waals surface area contributed by atoms with Crippen molar-refractivity contribution >= 4 is 11.9 Å². The lowest BCUT2D eigenvalue weighted by atomic mass is 9.86. The maximum absolute atomic E-state index is 12.5. The average Bonchev–Trinajstić information content (AvgIpc) is 3.13. The van der Waals surface area contributed by atoms with Crippen LogP contribution in [0.3, 0.4) is 0 Å². The second-order valence-electron chi connectivity index (χ2n) is 6.13. The second-order valence-corrected chi connectivity index (χ2v) is 6.13. The summed E-state index contributed by atoms with van der Waals surface area (Å²) in [5.74, 6) is -1.71. The normalized spacial score (nSPS) is 16.3. The van der Waals surface area contributed by atoms with Crippen LogP contribution < -0.4 is 5.32 Å². The topological polar surface area (TPSA) is 88.8 Å². The molecule has 0 saturated carbocycles. The summed E-state index contributed by atoms with van der Waals surface area (Å²) < 4.78 is 10.6. The van der Waals surface area contributed by atoms with E-state index in [1.807, 2.05) is 30.3 Å². The van der Waals surface area contributed by atoms with Gasteiger partial charge in [-0.25, -0.2) is 0 Å². The highest BCUT2D eigenvalue weighted by Crippen LogP contribution is 2.26. The number of furan rings is 1. The van der Waals surface area contributed by atoms with E-state index in [0.717, 1.165) is 5.56 Å². The highest BCUT2D eigenvalue weighted by atomic mass is 16.5. The van der Waals surface area contributed by atoms with Crippen LogP contribution in [0, 0.1) is 11.8 Å². The molecule has 1 unspecified atom stereocenters. The summed E-state index contributed by atoms with van der Waals surface area (Å²) in [6, 6.07) is 11.2. The van der Waals surface area contributed by atoms with Crippen LogP contribution in [0.1, 0.15) is 23.4 Å². The summed E-state index contributed by atoms with van der Waals surface area (Å²) in [6.07, 6.45) is 2.86. The lowest BCUT2D eigenvalue weighted by Gasteiger charge is -2.27. The summed E-state index contributed by atoms with van der Waals surface area (Å²) >= 11 is 0.